The zero-order chi connectivity index (χ0) is 45.3. The normalized spacial score (nSPS) is 48.4. The van der Waals surface area contributed by atoms with Crippen molar-refractivity contribution < 1.29 is 79.2 Å². The molecular formula is C46H74O16. The number of rotatable bonds is 12. The van der Waals surface area contributed by atoms with E-state index < -0.39 is 109 Å². The zero-order valence-corrected chi connectivity index (χ0v) is 37.5. The van der Waals surface area contributed by atoms with Crippen molar-refractivity contribution in [3.05, 3.63) is 22.8 Å². The van der Waals surface area contributed by atoms with E-state index in [-0.39, 0.29) is 30.0 Å². The summed E-state index contributed by atoms with van der Waals surface area (Å²) in [5, 5.41) is 95.9. The first kappa shape index (κ1) is 48.3. The molecule has 20 unspecified atom stereocenters. The van der Waals surface area contributed by atoms with Crippen LogP contribution in [0.5, 0.6) is 0 Å². The lowest BCUT2D eigenvalue weighted by atomic mass is 9.43. The molecule has 5 fully saturated rings. The quantitative estimate of drug-likeness (QED) is 0.128. The number of carboxylic acids is 1. The number of aliphatic hydroxyl groups is 8. The van der Waals surface area contributed by atoms with E-state index in [1.807, 2.05) is 0 Å². The van der Waals surface area contributed by atoms with Gasteiger partial charge in [-0.2, -0.15) is 0 Å². The molecule has 9 N–H and O–H groups in total. The molecule has 0 spiro atoms. The van der Waals surface area contributed by atoms with E-state index in [0.29, 0.717) is 31.1 Å². The van der Waals surface area contributed by atoms with E-state index in [1.54, 1.807) is 0 Å². The number of aliphatic carboxylic acids is 1. The molecule has 16 heteroatoms. The van der Waals surface area contributed by atoms with Gasteiger partial charge in [0.05, 0.1) is 31.3 Å². The van der Waals surface area contributed by atoms with Crippen molar-refractivity contribution in [3.63, 3.8) is 0 Å². The van der Waals surface area contributed by atoms with Gasteiger partial charge in [0.1, 0.15) is 61.0 Å². The van der Waals surface area contributed by atoms with Crippen molar-refractivity contribution in [1.29, 1.82) is 0 Å². The molecule has 20 atom stereocenters. The van der Waals surface area contributed by atoms with Gasteiger partial charge in [0.15, 0.2) is 18.9 Å². The van der Waals surface area contributed by atoms with E-state index >= 15 is 0 Å². The summed E-state index contributed by atoms with van der Waals surface area (Å²) >= 11 is 0. The molecule has 7 rings (SSSR count). The number of carbonyl (C=O) groups is 1. The Kier molecular flexibility index (Phi) is 14.2. The Balaban J connectivity index is 1.15. The Morgan fingerprint density at radius 1 is 0.758 bits per heavy atom. The third-order valence-electron chi connectivity index (χ3n) is 17.0. The zero-order valence-electron chi connectivity index (χ0n) is 37.5. The van der Waals surface area contributed by atoms with E-state index in [0.717, 1.165) is 50.5 Å². The number of hydrogen-bond donors (Lipinski definition) is 9. The average Bonchev–Trinajstić information content (AvgIpc) is 3.55. The Morgan fingerprint density at radius 2 is 1.42 bits per heavy atom. The number of hydrogen-bond acceptors (Lipinski definition) is 15. The second kappa shape index (κ2) is 18.2. The molecule has 0 aromatic carbocycles. The van der Waals surface area contributed by atoms with E-state index in [9.17, 15) is 50.8 Å². The standard InChI is InChI=1S/C46H74O16/c1-22(2)9-8-10-23(3)24-14-18-46(42(55)56)26-11-12-30-43(4,5)31(15-16-44(30,6)25(26)13-17-45(24,46)7)60-41-38(62-40-36(54)34(52)33(51)29(19-47)59-40)37(28(49)21-58-41)61-39-35(53)32(50)27(48)20-57-39/h9,23-24,27-41,47-54H,8,10-21H2,1-7H3,(H,55,56). The van der Waals surface area contributed by atoms with Gasteiger partial charge >= 0.3 is 5.97 Å². The predicted molar refractivity (Wildman–Crippen MR) is 221 cm³/mol. The Labute approximate surface area is 365 Å². The van der Waals surface area contributed by atoms with Gasteiger partial charge in [-0.1, -0.05) is 57.4 Å². The van der Waals surface area contributed by atoms with Gasteiger partial charge in [0.25, 0.3) is 0 Å². The maximum absolute atomic E-state index is 13.8. The first-order chi connectivity index (χ1) is 29.1. The van der Waals surface area contributed by atoms with Crippen molar-refractivity contribution in [1.82, 2.24) is 0 Å². The van der Waals surface area contributed by atoms with E-state index in [4.69, 9.17) is 28.4 Å². The van der Waals surface area contributed by atoms with Gasteiger partial charge in [-0.05, 0) is 112 Å². The molecule has 7 aliphatic rings. The Morgan fingerprint density at radius 3 is 2.10 bits per heavy atom. The van der Waals surface area contributed by atoms with Crippen molar-refractivity contribution in [2.24, 2.45) is 39.4 Å². The second-order valence-corrected chi connectivity index (χ2v) is 21.0. The molecule has 0 amide bonds. The highest BCUT2D eigenvalue weighted by Crippen LogP contribution is 2.73. The van der Waals surface area contributed by atoms with E-state index in [1.165, 1.54) is 11.1 Å². The lowest BCUT2D eigenvalue weighted by molar-refractivity contribution is -0.384. The molecule has 0 bridgehead atoms. The second-order valence-electron chi connectivity index (χ2n) is 21.0. The molecule has 3 aliphatic heterocycles. The van der Waals surface area contributed by atoms with Crippen LogP contribution in [-0.2, 0) is 33.2 Å². The summed E-state index contributed by atoms with van der Waals surface area (Å²) in [6.07, 6.45) is -10.2. The molecule has 2 saturated carbocycles. The third kappa shape index (κ3) is 8.07. The first-order valence-electron chi connectivity index (χ1n) is 23.0. The minimum atomic E-state index is -1.81. The number of fused-ring (bicyclic) bond motifs is 4. The topological polar surface area (TPSA) is 255 Å². The fourth-order valence-corrected chi connectivity index (χ4v) is 13.5. The van der Waals surface area contributed by atoms with Crippen molar-refractivity contribution in [2.45, 2.75) is 199 Å². The fraction of sp³-hybridized carbons (Fsp3) is 0.891. The number of carboxylic acid groups (broad SMARTS) is 1. The van der Waals surface area contributed by atoms with Crippen LogP contribution in [0.15, 0.2) is 22.8 Å². The molecule has 62 heavy (non-hydrogen) atoms. The number of aliphatic hydroxyl groups excluding tert-OH is 8. The Hall–Kier alpha value is -1.61. The minimum Gasteiger partial charge on any atom is -0.481 e. The maximum Gasteiger partial charge on any atom is 0.314 e. The van der Waals surface area contributed by atoms with Gasteiger partial charge in [0, 0.05) is 0 Å². The number of allylic oxidation sites excluding steroid dienone is 3. The van der Waals surface area contributed by atoms with Crippen LogP contribution in [0.25, 0.3) is 0 Å². The molecule has 0 aromatic rings. The summed E-state index contributed by atoms with van der Waals surface area (Å²) in [7, 11) is 0. The average molecular weight is 883 g/mol. The van der Waals surface area contributed by atoms with Crippen LogP contribution in [0.1, 0.15) is 113 Å². The van der Waals surface area contributed by atoms with Crippen LogP contribution >= 0.6 is 0 Å². The maximum atomic E-state index is 13.8. The molecule has 0 radical (unpaired) electrons. The van der Waals surface area contributed by atoms with Crippen LogP contribution in [0.4, 0.5) is 0 Å². The van der Waals surface area contributed by atoms with Crippen LogP contribution in [-0.4, -0.2) is 158 Å². The smallest absolute Gasteiger partial charge is 0.314 e. The van der Waals surface area contributed by atoms with Gasteiger partial charge in [-0.3, -0.25) is 4.79 Å². The summed E-state index contributed by atoms with van der Waals surface area (Å²) in [5.74, 6) is 0.112. The summed E-state index contributed by atoms with van der Waals surface area (Å²) in [5.41, 5.74) is 1.68. The molecule has 3 saturated heterocycles. The van der Waals surface area contributed by atoms with E-state index in [2.05, 4.69) is 54.5 Å². The van der Waals surface area contributed by atoms with Crippen LogP contribution < -0.4 is 0 Å². The lowest BCUT2D eigenvalue weighted by Gasteiger charge is -2.62. The largest absolute Gasteiger partial charge is 0.481 e. The SMILES string of the molecule is CC(C)=CCCC(C)C1CCC2(C(=O)O)C3=C(CCC12C)C1(C)CCC(OC2OCC(O)C(OC4OCC(O)C(O)C4O)C2OC2OC(CO)C(O)C(O)C2O)C(C)(C)C1CC3. The highest BCUT2D eigenvalue weighted by molar-refractivity contribution is 5.82. The third-order valence-corrected chi connectivity index (χ3v) is 17.0. The van der Waals surface area contributed by atoms with Crippen LogP contribution in [0.3, 0.4) is 0 Å². The summed E-state index contributed by atoms with van der Waals surface area (Å²) in [6.45, 7) is 14.0. The monoisotopic (exact) mass is 882 g/mol. The van der Waals surface area contributed by atoms with Crippen molar-refractivity contribution >= 4 is 5.97 Å². The number of ether oxygens (including phenoxy) is 6. The summed E-state index contributed by atoms with van der Waals surface area (Å²) < 4.78 is 36.6. The van der Waals surface area contributed by atoms with Gasteiger partial charge < -0.3 is 74.4 Å². The molecule has 4 aliphatic carbocycles. The van der Waals surface area contributed by atoms with Gasteiger partial charge in [-0.25, -0.2) is 0 Å². The molecular weight excluding hydrogens is 808 g/mol. The van der Waals surface area contributed by atoms with Gasteiger partial charge in [0.2, 0.25) is 0 Å². The van der Waals surface area contributed by atoms with Gasteiger partial charge in [-0.15, -0.1) is 0 Å². The Bertz CT molecular complexity index is 1660. The molecule has 16 nitrogen and oxygen atoms in total. The lowest BCUT2D eigenvalue weighted by Crippen LogP contribution is -2.65. The molecule has 354 valence electrons. The summed E-state index contributed by atoms with van der Waals surface area (Å²) in [6, 6.07) is 0. The highest BCUT2D eigenvalue weighted by atomic mass is 16.8. The van der Waals surface area contributed by atoms with Crippen molar-refractivity contribution in [2.75, 3.05) is 19.8 Å². The predicted octanol–water partition coefficient (Wildman–Crippen LogP) is 2.29. The summed E-state index contributed by atoms with van der Waals surface area (Å²) in [4.78, 5) is 13.8. The van der Waals surface area contributed by atoms with Crippen LogP contribution in [0, 0.1) is 39.4 Å². The first-order valence-corrected chi connectivity index (χ1v) is 23.0. The minimum absolute atomic E-state index is 0.0904. The van der Waals surface area contributed by atoms with Crippen LogP contribution in [0.2, 0.25) is 0 Å². The highest BCUT2D eigenvalue weighted by Gasteiger charge is 2.68. The molecule has 3 heterocycles. The van der Waals surface area contributed by atoms with Crippen molar-refractivity contribution in [3.8, 4) is 0 Å². The fourth-order valence-electron chi connectivity index (χ4n) is 13.5. The molecule has 0 aromatic heterocycles.